The number of pyridine rings is 1. The van der Waals surface area contributed by atoms with Crippen LogP contribution in [0.4, 0.5) is 0 Å². The van der Waals surface area contributed by atoms with Gasteiger partial charge in [0.05, 0.1) is 11.1 Å². The lowest BCUT2D eigenvalue weighted by Gasteiger charge is -2.26. The third kappa shape index (κ3) is 3.70. The Labute approximate surface area is 192 Å². The van der Waals surface area contributed by atoms with Gasteiger partial charge in [0.15, 0.2) is 0 Å². The predicted octanol–water partition coefficient (Wildman–Crippen LogP) is 7.31. The zero-order chi connectivity index (χ0) is 22.1. The summed E-state index contributed by atoms with van der Waals surface area (Å²) < 4.78 is 2.15. The van der Waals surface area contributed by atoms with Gasteiger partial charge < -0.3 is 5.11 Å². The van der Waals surface area contributed by atoms with Crippen LogP contribution in [0.2, 0.25) is 0 Å². The Balaban J connectivity index is 1.59. The largest absolute Gasteiger partial charge is 0.385 e. The molecule has 0 aliphatic heterocycles. The number of hydrogen-bond acceptors (Lipinski definition) is 3. The van der Waals surface area contributed by atoms with Crippen LogP contribution in [-0.4, -0.2) is 14.5 Å². The van der Waals surface area contributed by atoms with E-state index in [4.69, 9.17) is 0 Å². The van der Waals surface area contributed by atoms with Crippen LogP contribution in [-0.2, 0) is 5.60 Å². The van der Waals surface area contributed by atoms with Gasteiger partial charge in [0.1, 0.15) is 5.65 Å². The molecule has 0 bridgehead atoms. The molecule has 3 nitrogen and oxygen atoms in total. The molecule has 0 fully saturated rings. The predicted molar refractivity (Wildman–Crippen MR) is 133 cm³/mol. The van der Waals surface area contributed by atoms with Gasteiger partial charge in [-0.25, -0.2) is 4.98 Å². The average molecular weight is 439 g/mol. The maximum absolute atomic E-state index is 10.9. The van der Waals surface area contributed by atoms with Crippen LogP contribution in [0.15, 0.2) is 101 Å². The zero-order valence-electron chi connectivity index (χ0n) is 18.3. The molecule has 0 atom stereocenters. The first-order valence-corrected chi connectivity index (χ1v) is 11.9. The molecule has 0 amide bonds. The molecule has 2 aromatic heterocycles. The fraction of sp³-hybridized carbons (Fsp3) is 0.179. The number of hydrogen-bond donors (Lipinski definition) is 1. The van der Waals surface area contributed by atoms with Crippen molar-refractivity contribution in [1.29, 1.82) is 0 Å². The summed E-state index contributed by atoms with van der Waals surface area (Å²) in [6, 6.07) is 27.5. The van der Waals surface area contributed by atoms with Crippen LogP contribution in [0.25, 0.3) is 27.7 Å². The zero-order valence-corrected chi connectivity index (χ0v) is 19.1. The normalized spacial score (nSPS) is 12.0. The molecule has 0 aliphatic rings. The Bertz CT molecular complexity index is 1390. The summed E-state index contributed by atoms with van der Waals surface area (Å²) in [5.41, 5.74) is 4.67. The van der Waals surface area contributed by atoms with Crippen LogP contribution in [0.5, 0.6) is 0 Å². The SMILES string of the molecule is CCC(O)(CC)c1cccc(Sc2ccc3c(-c4ccccc4)cc4nccn4c3c2)c1. The summed E-state index contributed by atoms with van der Waals surface area (Å²) in [6.07, 6.45) is 5.27. The molecule has 1 N–H and O–H groups in total. The topological polar surface area (TPSA) is 37.5 Å². The van der Waals surface area contributed by atoms with Crippen LogP contribution in [0, 0.1) is 0 Å². The summed E-state index contributed by atoms with van der Waals surface area (Å²) in [4.78, 5) is 6.84. The first kappa shape index (κ1) is 20.8. The van der Waals surface area contributed by atoms with Crippen LogP contribution < -0.4 is 0 Å². The minimum Gasteiger partial charge on any atom is -0.385 e. The minimum absolute atomic E-state index is 0.703. The lowest BCUT2D eigenvalue weighted by Crippen LogP contribution is -2.23. The van der Waals surface area contributed by atoms with E-state index in [0.717, 1.165) is 26.5 Å². The number of rotatable bonds is 6. The highest BCUT2D eigenvalue weighted by Gasteiger charge is 2.24. The Kier molecular flexibility index (Phi) is 5.50. The van der Waals surface area contributed by atoms with Gasteiger partial charge in [0, 0.05) is 27.6 Å². The highest BCUT2D eigenvalue weighted by atomic mass is 32.2. The van der Waals surface area contributed by atoms with Gasteiger partial charge in [-0.15, -0.1) is 0 Å². The summed E-state index contributed by atoms with van der Waals surface area (Å²) >= 11 is 1.72. The molecule has 3 aromatic carbocycles. The Morgan fingerprint density at radius 1 is 0.875 bits per heavy atom. The lowest BCUT2D eigenvalue weighted by atomic mass is 9.89. The van der Waals surface area contributed by atoms with Crippen molar-refractivity contribution < 1.29 is 5.11 Å². The fourth-order valence-electron chi connectivity index (χ4n) is 4.33. The van der Waals surface area contributed by atoms with Crippen molar-refractivity contribution in [2.45, 2.75) is 42.1 Å². The third-order valence-electron chi connectivity index (χ3n) is 6.32. The summed E-state index contributed by atoms with van der Waals surface area (Å²) in [7, 11) is 0. The van der Waals surface area contributed by atoms with E-state index >= 15 is 0 Å². The third-order valence-corrected chi connectivity index (χ3v) is 7.30. The standard InChI is InChI=1S/C28H26N2OS/c1-3-28(31,4-2)21-11-8-12-22(17-21)32-23-13-14-24-25(20-9-6-5-7-10-20)19-27-29-15-16-30(27)26(24)18-23/h5-19,31H,3-4H2,1-2H3. The lowest BCUT2D eigenvalue weighted by molar-refractivity contribution is 0.0282. The van der Waals surface area contributed by atoms with Crippen molar-refractivity contribution in [3.8, 4) is 11.1 Å². The monoisotopic (exact) mass is 438 g/mol. The van der Waals surface area contributed by atoms with Crippen molar-refractivity contribution >= 4 is 28.3 Å². The van der Waals surface area contributed by atoms with Crippen LogP contribution in [0.3, 0.4) is 0 Å². The second kappa shape index (κ2) is 8.45. The number of benzene rings is 3. The Hall–Kier alpha value is -3.08. The molecule has 0 aliphatic carbocycles. The van der Waals surface area contributed by atoms with Gasteiger partial charge in [-0.05, 0) is 59.9 Å². The van der Waals surface area contributed by atoms with Crippen molar-refractivity contribution in [2.75, 3.05) is 0 Å². The quantitative estimate of drug-likeness (QED) is 0.302. The maximum Gasteiger partial charge on any atom is 0.137 e. The first-order chi connectivity index (χ1) is 15.6. The number of imidazole rings is 1. The van der Waals surface area contributed by atoms with E-state index in [9.17, 15) is 5.11 Å². The van der Waals surface area contributed by atoms with Crippen LogP contribution >= 0.6 is 11.8 Å². The Morgan fingerprint density at radius 2 is 1.66 bits per heavy atom. The van der Waals surface area contributed by atoms with Crippen molar-refractivity contribution in [3.63, 3.8) is 0 Å². The number of fused-ring (bicyclic) bond motifs is 3. The van der Waals surface area contributed by atoms with Gasteiger partial charge in [-0.1, -0.05) is 74.1 Å². The van der Waals surface area contributed by atoms with E-state index < -0.39 is 5.60 Å². The fourth-order valence-corrected chi connectivity index (χ4v) is 5.25. The number of nitrogens with zero attached hydrogens (tertiary/aromatic N) is 2. The van der Waals surface area contributed by atoms with E-state index in [2.05, 4.69) is 70.0 Å². The maximum atomic E-state index is 10.9. The molecule has 0 spiro atoms. The molecular weight excluding hydrogens is 412 g/mol. The van der Waals surface area contributed by atoms with E-state index in [-0.39, 0.29) is 0 Å². The van der Waals surface area contributed by atoms with Gasteiger partial charge in [0.25, 0.3) is 0 Å². The Morgan fingerprint density at radius 3 is 2.44 bits per heavy atom. The van der Waals surface area contributed by atoms with E-state index in [0.29, 0.717) is 12.8 Å². The first-order valence-electron chi connectivity index (χ1n) is 11.1. The second-order valence-corrected chi connectivity index (χ2v) is 9.27. The van der Waals surface area contributed by atoms with Gasteiger partial charge in [-0.3, -0.25) is 4.40 Å². The van der Waals surface area contributed by atoms with E-state index in [1.54, 1.807) is 11.8 Å². The highest BCUT2D eigenvalue weighted by Crippen LogP contribution is 2.37. The van der Waals surface area contributed by atoms with E-state index in [1.165, 1.54) is 16.5 Å². The van der Waals surface area contributed by atoms with Crippen LogP contribution in [0.1, 0.15) is 32.3 Å². The average Bonchev–Trinajstić information content (AvgIpc) is 3.33. The molecule has 160 valence electrons. The molecular formula is C28H26N2OS. The highest BCUT2D eigenvalue weighted by molar-refractivity contribution is 7.99. The number of aliphatic hydroxyl groups is 1. The summed E-state index contributed by atoms with van der Waals surface area (Å²) in [6.45, 7) is 4.07. The smallest absolute Gasteiger partial charge is 0.137 e. The molecule has 5 rings (SSSR count). The summed E-state index contributed by atoms with van der Waals surface area (Å²) in [5, 5.41) is 12.1. The molecule has 32 heavy (non-hydrogen) atoms. The molecule has 0 unspecified atom stereocenters. The van der Waals surface area contributed by atoms with Gasteiger partial charge >= 0.3 is 0 Å². The second-order valence-electron chi connectivity index (χ2n) is 8.13. The molecule has 0 saturated heterocycles. The van der Waals surface area contributed by atoms with E-state index in [1.807, 2.05) is 44.4 Å². The van der Waals surface area contributed by atoms with Crippen molar-refractivity contribution in [3.05, 3.63) is 96.8 Å². The van der Waals surface area contributed by atoms with Gasteiger partial charge in [-0.2, -0.15) is 0 Å². The van der Waals surface area contributed by atoms with Gasteiger partial charge in [0.2, 0.25) is 0 Å². The number of aromatic nitrogens is 2. The molecule has 0 radical (unpaired) electrons. The molecule has 2 heterocycles. The molecule has 5 aromatic rings. The van der Waals surface area contributed by atoms with Crippen molar-refractivity contribution in [1.82, 2.24) is 9.38 Å². The minimum atomic E-state index is -0.770. The molecule has 4 heteroatoms. The molecule has 0 saturated carbocycles. The summed E-state index contributed by atoms with van der Waals surface area (Å²) in [5.74, 6) is 0. The van der Waals surface area contributed by atoms with Crippen molar-refractivity contribution in [2.24, 2.45) is 0 Å².